The number of sulfonamides is 1. The molecule has 2 aromatic carbocycles. The van der Waals surface area contributed by atoms with Gasteiger partial charge in [-0.25, -0.2) is 17.9 Å². The molecule has 120 valence electrons. The van der Waals surface area contributed by atoms with Gasteiger partial charge in [0.25, 0.3) is 0 Å². The average Bonchev–Trinajstić information content (AvgIpc) is 2.50. The molecule has 0 fully saturated rings. The number of hydrogen-bond acceptors (Lipinski definition) is 4. The standard InChI is InChI=1S/C16H16FN3O2S/c17-14-5-1-3-12(9-14)4-2-8-20-16-7-6-15(23(19,21)22)10-13(16)11-18/h1,3,5-7,9-10,20H,2,4,8H2,(H2,19,21,22). The van der Waals surface area contributed by atoms with Gasteiger partial charge in [-0.2, -0.15) is 5.26 Å². The zero-order valence-electron chi connectivity index (χ0n) is 12.3. The van der Waals surface area contributed by atoms with E-state index in [0.717, 1.165) is 12.0 Å². The maximum absolute atomic E-state index is 13.1. The zero-order chi connectivity index (χ0) is 16.9. The molecule has 7 heteroatoms. The smallest absolute Gasteiger partial charge is 0.238 e. The lowest BCUT2D eigenvalue weighted by molar-refractivity contribution is 0.597. The van der Waals surface area contributed by atoms with Crippen molar-refractivity contribution in [3.05, 3.63) is 59.4 Å². The van der Waals surface area contributed by atoms with Crippen molar-refractivity contribution in [1.82, 2.24) is 0 Å². The second-order valence-electron chi connectivity index (χ2n) is 5.02. The summed E-state index contributed by atoms with van der Waals surface area (Å²) in [7, 11) is -3.83. The molecule has 0 heterocycles. The van der Waals surface area contributed by atoms with Gasteiger partial charge in [-0.05, 0) is 48.7 Å². The number of aryl methyl sites for hydroxylation is 1. The second-order valence-corrected chi connectivity index (χ2v) is 6.59. The van der Waals surface area contributed by atoms with Crippen LogP contribution < -0.4 is 10.5 Å². The maximum Gasteiger partial charge on any atom is 0.238 e. The lowest BCUT2D eigenvalue weighted by Gasteiger charge is -2.09. The van der Waals surface area contributed by atoms with Gasteiger partial charge in [0, 0.05) is 6.54 Å². The van der Waals surface area contributed by atoms with E-state index in [4.69, 9.17) is 10.4 Å². The molecule has 0 unspecified atom stereocenters. The summed E-state index contributed by atoms with van der Waals surface area (Å²) >= 11 is 0. The predicted molar refractivity (Wildman–Crippen MR) is 85.7 cm³/mol. The van der Waals surface area contributed by atoms with Gasteiger partial charge in [0.05, 0.1) is 16.1 Å². The van der Waals surface area contributed by atoms with Crippen molar-refractivity contribution in [2.75, 3.05) is 11.9 Å². The number of benzene rings is 2. The van der Waals surface area contributed by atoms with Crippen molar-refractivity contribution in [2.24, 2.45) is 5.14 Å². The Balaban J connectivity index is 1.97. The number of nitrogens with one attached hydrogen (secondary N) is 1. The van der Waals surface area contributed by atoms with Crippen LogP contribution in [0.4, 0.5) is 10.1 Å². The Labute approximate surface area is 134 Å². The number of hydrogen-bond donors (Lipinski definition) is 2. The van der Waals surface area contributed by atoms with Gasteiger partial charge in [0.15, 0.2) is 0 Å². The average molecular weight is 333 g/mol. The highest BCUT2D eigenvalue weighted by molar-refractivity contribution is 7.89. The molecule has 2 aromatic rings. The number of nitrogens with zero attached hydrogens (tertiary/aromatic N) is 1. The van der Waals surface area contributed by atoms with E-state index in [1.54, 1.807) is 6.07 Å². The van der Waals surface area contributed by atoms with Crippen molar-refractivity contribution in [3.63, 3.8) is 0 Å². The number of primary sulfonamides is 1. The molecule has 0 spiro atoms. The predicted octanol–water partition coefficient (Wildman–Crippen LogP) is 2.39. The van der Waals surface area contributed by atoms with E-state index in [9.17, 15) is 12.8 Å². The third-order valence-corrected chi connectivity index (χ3v) is 4.20. The molecule has 0 saturated heterocycles. The number of rotatable bonds is 6. The fourth-order valence-electron chi connectivity index (χ4n) is 2.16. The Hall–Kier alpha value is -2.43. The van der Waals surface area contributed by atoms with Gasteiger partial charge in [-0.3, -0.25) is 0 Å². The first kappa shape index (κ1) is 16.9. The summed E-state index contributed by atoms with van der Waals surface area (Å²) in [5.41, 5.74) is 1.65. The fraction of sp³-hybridized carbons (Fsp3) is 0.188. The monoisotopic (exact) mass is 333 g/mol. The van der Waals surface area contributed by atoms with Crippen LogP contribution in [0.3, 0.4) is 0 Å². The summed E-state index contributed by atoms with van der Waals surface area (Å²) in [4.78, 5) is -0.0978. The highest BCUT2D eigenvalue weighted by Crippen LogP contribution is 2.19. The van der Waals surface area contributed by atoms with Crippen molar-refractivity contribution in [2.45, 2.75) is 17.7 Å². The summed E-state index contributed by atoms with van der Waals surface area (Å²) < 4.78 is 35.6. The van der Waals surface area contributed by atoms with Crippen LogP contribution in [-0.4, -0.2) is 15.0 Å². The largest absolute Gasteiger partial charge is 0.384 e. The van der Waals surface area contributed by atoms with Crippen molar-refractivity contribution < 1.29 is 12.8 Å². The van der Waals surface area contributed by atoms with E-state index in [2.05, 4.69) is 5.32 Å². The molecule has 5 nitrogen and oxygen atoms in total. The molecule has 0 saturated carbocycles. The highest BCUT2D eigenvalue weighted by atomic mass is 32.2. The molecule has 0 bridgehead atoms. The summed E-state index contributed by atoms with van der Waals surface area (Å²) in [5, 5.41) is 17.2. The van der Waals surface area contributed by atoms with Gasteiger partial charge in [-0.1, -0.05) is 12.1 Å². The third-order valence-electron chi connectivity index (χ3n) is 3.29. The number of anilines is 1. The minimum Gasteiger partial charge on any atom is -0.384 e. The van der Waals surface area contributed by atoms with E-state index in [0.29, 0.717) is 18.7 Å². The number of nitrogens with two attached hydrogens (primary N) is 1. The Morgan fingerprint density at radius 3 is 2.65 bits per heavy atom. The molecule has 0 aliphatic rings. The molecular weight excluding hydrogens is 317 g/mol. The number of nitriles is 1. The van der Waals surface area contributed by atoms with Gasteiger partial charge in [0.2, 0.25) is 10.0 Å². The van der Waals surface area contributed by atoms with Gasteiger partial charge in [-0.15, -0.1) is 0 Å². The lowest BCUT2D eigenvalue weighted by atomic mass is 10.1. The highest BCUT2D eigenvalue weighted by Gasteiger charge is 2.11. The molecule has 0 aromatic heterocycles. The molecule has 0 aliphatic heterocycles. The van der Waals surface area contributed by atoms with Crippen molar-refractivity contribution >= 4 is 15.7 Å². The van der Waals surface area contributed by atoms with E-state index in [-0.39, 0.29) is 16.3 Å². The Morgan fingerprint density at radius 1 is 1.22 bits per heavy atom. The summed E-state index contributed by atoms with van der Waals surface area (Å²) in [5.74, 6) is -0.263. The van der Waals surface area contributed by atoms with Crippen LogP contribution in [0.15, 0.2) is 47.4 Å². The van der Waals surface area contributed by atoms with Crippen molar-refractivity contribution in [3.8, 4) is 6.07 Å². The summed E-state index contributed by atoms with van der Waals surface area (Å²) in [6.07, 6.45) is 1.44. The quantitative estimate of drug-likeness (QED) is 0.793. The Bertz CT molecular complexity index is 845. The summed E-state index contributed by atoms with van der Waals surface area (Å²) in [6.45, 7) is 0.569. The van der Waals surface area contributed by atoms with Crippen LogP contribution in [0.1, 0.15) is 17.5 Å². The Kier molecular flexibility index (Phi) is 5.32. The van der Waals surface area contributed by atoms with Crippen molar-refractivity contribution in [1.29, 1.82) is 5.26 Å². The van der Waals surface area contributed by atoms with E-state index in [1.807, 2.05) is 12.1 Å². The zero-order valence-corrected chi connectivity index (χ0v) is 13.1. The minimum atomic E-state index is -3.83. The Morgan fingerprint density at radius 2 is 2.00 bits per heavy atom. The topological polar surface area (TPSA) is 96.0 Å². The van der Waals surface area contributed by atoms with Gasteiger partial charge >= 0.3 is 0 Å². The first-order valence-corrected chi connectivity index (χ1v) is 8.50. The molecule has 0 radical (unpaired) electrons. The molecule has 23 heavy (non-hydrogen) atoms. The fourth-order valence-corrected chi connectivity index (χ4v) is 2.69. The van der Waals surface area contributed by atoms with Crippen LogP contribution in [0.5, 0.6) is 0 Å². The normalized spacial score (nSPS) is 11.0. The second kappa shape index (κ2) is 7.22. The van der Waals surface area contributed by atoms with Gasteiger partial charge < -0.3 is 5.32 Å². The number of halogens is 1. The van der Waals surface area contributed by atoms with Crippen LogP contribution in [0.2, 0.25) is 0 Å². The third kappa shape index (κ3) is 4.77. The van der Waals surface area contributed by atoms with E-state index >= 15 is 0 Å². The first-order valence-electron chi connectivity index (χ1n) is 6.95. The van der Waals surface area contributed by atoms with Crippen LogP contribution in [0, 0.1) is 17.1 Å². The molecular formula is C16H16FN3O2S. The molecule has 0 atom stereocenters. The first-order chi connectivity index (χ1) is 10.9. The van der Waals surface area contributed by atoms with Crippen LogP contribution in [-0.2, 0) is 16.4 Å². The lowest BCUT2D eigenvalue weighted by Crippen LogP contribution is -2.13. The summed E-state index contributed by atoms with van der Waals surface area (Å²) in [6, 6.07) is 12.4. The van der Waals surface area contributed by atoms with Crippen LogP contribution >= 0.6 is 0 Å². The van der Waals surface area contributed by atoms with E-state index < -0.39 is 10.0 Å². The SMILES string of the molecule is N#Cc1cc(S(N)(=O)=O)ccc1NCCCc1cccc(F)c1. The van der Waals surface area contributed by atoms with Crippen LogP contribution in [0.25, 0.3) is 0 Å². The molecule has 2 rings (SSSR count). The van der Waals surface area contributed by atoms with Gasteiger partial charge in [0.1, 0.15) is 11.9 Å². The van der Waals surface area contributed by atoms with E-state index in [1.165, 1.54) is 30.3 Å². The minimum absolute atomic E-state index is 0.0978. The molecule has 0 amide bonds. The molecule has 0 aliphatic carbocycles. The maximum atomic E-state index is 13.1. The molecule has 3 N–H and O–H groups in total.